The van der Waals surface area contributed by atoms with Crippen LogP contribution in [0.1, 0.15) is 20.8 Å². The highest BCUT2D eigenvalue weighted by molar-refractivity contribution is 5.39. The van der Waals surface area contributed by atoms with Crippen LogP contribution in [0.25, 0.3) is 0 Å². The lowest BCUT2D eigenvalue weighted by atomic mass is 9.99. The standard InChI is InChI=1S/C16H26N2O2/c1-13-11-17-16(2,3)12-18(13)9-10-20-15-8-6-5-7-14(15)19-4/h5-8,13,17H,9-12H2,1-4H3. The van der Waals surface area contributed by atoms with Gasteiger partial charge in [0.25, 0.3) is 0 Å². The van der Waals surface area contributed by atoms with Crippen molar-refractivity contribution in [2.75, 3.05) is 33.4 Å². The second kappa shape index (κ2) is 6.46. The minimum atomic E-state index is 0.178. The van der Waals surface area contributed by atoms with Crippen molar-refractivity contribution in [3.05, 3.63) is 24.3 Å². The molecule has 1 aliphatic heterocycles. The summed E-state index contributed by atoms with van der Waals surface area (Å²) in [5, 5.41) is 3.56. The zero-order chi connectivity index (χ0) is 14.6. The number of nitrogens with one attached hydrogen (secondary N) is 1. The second-order valence-electron chi connectivity index (χ2n) is 6.08. The Balaban J connectivity index is 1.86. The molecule has 1 aromatic carbocycles. The Bertz CT molecular complexity index is 434. The zero-order valence-corrected chi connectivity index (χ0v) is 13.0. The summed E-state index contributed by atoms with van der Waals surface area (Å²) in [5.74, 6) is 1.61. The van der Waals surface area contributed by atoms with Crippen molar-refractivity contribution in [1.29, 1.82) is 0 Å². The highest BCUT2D eigenvalue weighted by atomic mass is 16.5. The van der Waals surface area contributed by atoms with Crippen molar-refractivity contribution in [1.82, 2.24) is 10.2 Å². The van der Waals surface area contributed by atoms with Crippen molar-refractivity contribution in [2.45, 2.75) is 32.4 Å². The predicted octanol–water partition coefficient (Wildman–Crippen LogP) is 2.15. The van der Waals surface area contributed by atoms with Crippen LogP contribution in [0.3, 0.4) is 0 Å². The number of hydrogen-bond donors (Lipinski definition) is 1. The highest BCUT2D eigenvalue weighted by Crippen LogP contribution is 2.25. The maximum Gasteiger partial charge on any atom is 0.161 e. The van der Waals surface area contributed by atoms with Crippen LogP contribution in [0.5, 0.6) is 11.5 Å². The van der Waals surface area contributed by atoms with Crippen molar-refractivity contribution in [3.63, 3.8) is 0 Å². The monoisotopic (exact) mass is 278 g/mol. The topological polar surface area (TPSA) is 33.7 Å². The zero-order valence-electron chi connectivity index (χ0n) is 13.0. The molecule has 1 aromatic rings. The molecule has 4 nitrogen and oxygen atoms in total. The van der Waals surface area contributed by atoms with E-state index in [-0.39, 0.29) is 5.54 Å². The summed E-state index contributed by atoms with van der Waals surface area (Å²) in [5.41, 5.74) is 0.178. The molecule has 1 heterocycles. The van der Waals surface area contributed by atoms with Crippen LogP contribution in [0.2, 0.25) is 0 Å². The van der Waals surface area contributed by atoms with Gasteiger partial charge in [-0.3, -0.25) is 4.90 Å². The van der Waals surface area contributed by atoms with Crippen molar-refractivity contribution in [2.24, 2.45) is 0 Å². The van der Waals surface area contributed by atoms with Gasteiger partial charge in [0.2, 0.25) is 0 Å². The summed E-state index contributed by atoms with van der Waals surface area (Å²) in [7, 11) is 1.67. The number of hydrogen-bond acceptors (Lipinski definition) is 4. The molecule has 0 amide bonds. The molecule has 2 rings (SSSR count). The smallest absolute Gasteiger partial charge is 0.161 e. The minimum absolute atomic E-state index is 0.178. The molecule has 0 spiro atoms. The molecule has 1 atom stereocenters. The van der Waals surface area contributed by atoms with Crippen LogP contribution in [0.4, 0.5) is 0 Å². The van der Waals surface area contributed by atoms with Gasteiger partial charge in [0.15, 0.2) is 11.5 Å². The van der Waals surface area contributed by atoms with E-state index in [9.17, 15) is 0 Å². The molecule has 20 heavy (non-hydrogen) atoms. The van der Waals surface area contributed by atoms with Gasteiger partial charge in [0.1, 0.15) is 6.61 Å². The Morgan fingerprint density at radius 2 is 2.00 bits per heavy atom. The van der Waals surface area contributed by atoms with Gasteiger partial charge in [0.05, 0.1) is 7.11 Å². The predicted molar refractivity (Wildman–Crippen MR) is 81.6 cm³/mol. The summed E-state index contributed by atoms with van der Waals surface area (Å²) in [6.45, 7) is 10.4. The van der Waals surface area contributed by atoms with E-state index < -0.39 is 0 Å². The van der Waals surface area contributed by atoms with Crippen LogP contribution < -0.4 is 14.8 Å². The number of nitrogens with zero attached hydrogens (tertiary/aromatic N) is 1. The van der Waals surface area contributed by atoms with Gasteiger partial charge in [0, 0.05) is 31.2 Å². The molecule has 1 aliphatic rings. The SMILES string of the molecule is COc1ccccc1OCCN1CC(C)(C)NCC1C. The Kier molecular flexibility index (Phi) is 4.89. The van der Waals surface area contributed by atoms with E-state index in [0.29, 0.717) is 12.6 Å². The molecular weight excluding hydrogens is 252 g/mol. The average Bonchev–Trinajstić information content (AvgIpc) is 2.43. The summed E-state index contributed by atoms with van der Waals surface area (Å²) in [4.78, 5) is 2.48. The molecule has 0 aromatic heterocycles. The fraction of sp³-hybridized carbons (Fsp3) is 0.625. The van der Waals surface area contributed by atoms with Gasteiger partial charge in [-0.1, -0.05) is 12.1 Å². The van der Waals surface area contributed by atoms with E-state index in [1.54, 1.807) is 7.11 Å². The summed E-state index contributed by atoms with van der Waals surface area (Å²) in [6, 6.07) is 8.33. The van der Waals surface area contributed by atoms with E-state index in [4.69, 9.17) is 9.47 Å². The Morgan fingerprint density at radius 3 is 2.70 bits per heavy atom. The van der Waals surface area contributed by atoms with Gasteiger partial charge < -0.3 is 14.8 Å². The van der Waals surface area contributed by atoms with Crippen molar-refractivity contribution in [3.8, 4) is 11.5 Å². The molecule has 4 heteroatoms. The van der Waals surface area contributed by atoms with Crippen molar-refractivity contribution >= 4 is 0 Å². The number of methoxy groups -OCH3 is 1. The minimum Gasteiger partial charge on any atom is -0.493 e. The number of benzene rings is 1. The highest BCUT2D eigenvalue weighted by Gasteiger charge is 2.29. The van der Waals surface area contributed by atoms with Gasteiger partial charge in [-0.05, 0) is 32.9 Å². The summed E-state index contributed by atoms with van der Waals surface area (Å²) >= 11 is 0. The lowest BCUT2D eigenvalue weighted by Gasteiger charge is -2.43. The van der Waals surface area contributed by atoms with Gasteiger partial charge in [-0.15, -0.1) is 0 Å². The number of piperazine rings is 1. The molecule has 1 N–H and O–H groups in total. The Hall–Kier alpha value is -1.26. The molecule has 1 fully saturated rings. The van der Waals surface area contributed by atoms with E-state index >= 15 is 0 Å². The Morgan fingerprint density at radius 1 is 1.30 bits per heavy atom. The normalized spacial score (nSPS) is 22.5. The summed E-state index contributed by atoms with van der Waals surface area (Å²) < 4.78 is 11.2. The average molecular weight is 278 g/mol. The first-order chi connectivity index (χ1) is 9.52. The maximum atomic E-state index is 5.86. The maximum absolute atomic E-state index is 5.86. The van der Waals surface area contributed by atoms with Gasteiger partial charge in [-0.2, -0.15) is 0 Å². The van der Waals surface area contributed by atoms with Crippen LogP contribution in [-0.2, 0) is 0 Å². The number of para-hydroxylation sites is 2. The van der Waals surface area contributed by atoms with E-state index in [2.05, 4.69) is 31.0 Å². The molecule has 1 unspecified atom stereocenters. The lowest BCUT2D eigenvalue weighted by Crippen LogP contribution is -2.61. The van der Waals surface area contributed by atoms with Crippen LogP contribution in [-0.4, -0.2) is 49.8 Å². The molecule has 112 valence electrons. The second-order valence-corrected chi connectivity index (χ2v) is 6.08. The van der Waals surface area contributed by atoms with Crippen LogP contribution in [0, 0.1) is 0 Å². The lowest BCUT2D eigenvalue weighted by molar-refractivity contribution is 0.0882. The fourth-order valence-electron chi connectivity index (χ4n) is 2.58. The first-order valence-electron chi connectivity index (χ1n) is 7.27. The van der Waals surface area contributed by atoms with E-state index in [0.717, 1.165) is 31.1 Å². The first-order valence-corrected chi connectivity index (χ1v) is 7.27. The fourth-order valence-corrected chi connectivity index (χ4v) is 2.58. The van der Waals surface area contributed by atoms with Crippen LogP contribution >= 0.6 is 0 Å². The quantitative estimate of drug-likeness (QED) is 0.895. The summed E-state index contributed by atoms with van der Waals surface area (Å²) in [6.07, 6.45) is 0. The molecular formula is C16H26N2O2. The van der Waals surface area contributed by atoms with Gasteiger partial charge >= 0.3 is 0 Å². The first kappa shape index (κ1) is 15.1. The molecule has 1 saturated heterocycles. The molecule has 0 bridgehead atoms. The Labute approximate surface area is 122 Å². The number of rotatable bonds is 5. The third kappa shape index (κ3) is 3.87. The number of ether oxygens (including phenoxy) is 2. The molecule has 0 aliphatic carbocycles. The molecule has 0 saturated carbocycles. The largest absolute Gasteiger partial charge is 0.493 e. The van der Waals surface area contributed by atoms with E-state index in [1.165, 1.54) is 0 Å². The van der Waals surface area contributed by atoms with Gasteiger partial charge in [-0.25, -0.2) is 0 Å². The van der Waals surface area contributed by atoms with Crippen molar-refractivity contribution < 1.29 is 9.47 Å². The third-order valence-electron chi connectivity index (χ3n) is 3.80. The van der Waals surface area contributed by atoms with Crippen LogP contribution in [0.15, 0.2) is 24.3 Å². The third-order valence-corrected chi connectivity index (χ3v) is 3.80. The van der Waals surface area contributed by atoms with E-state index in [1.807, 2.05) is 24.3 Å². The molecule has 0 radical (unpaired) electrons.